The number of nitrogens with one attached hydrogen (secondary N) is 1. The van der Waals surface area contributed by atoms with Crippen LogP contribution in [0.2, 0.25) is 0 Å². The quantitative estimate of drug-likeness (QED) is 0.707. The minimum Gasteiger partial charge on any atom is -0.497 e. The standard InChI is InChI=1S/C15H25NO4/c1-10(16-15(2,3)9-17)14(18)12-8-11(19-4)6-7-13(12)20-5/h6-8,10,14,16-18H,9H2,1-5H3. The molecule has 0 aliphatic rings. The Hall–Kier alpha value is -1.30. The van der Waals surface area contributed by atoms with Gasteiger partial charge >= 0.3 is 0 Å². The van der Waals surface area contributed by atoms with E-state index in [9.17, 15) is 10.2 Å². The molecule has 1 aromatic carbocycles. The Morgan fingerprint density at radius 1 is 1.25 bits per heavy atom. The molecule has 20 heavy (non-hydrogen) atoms. The molecular formula is C15H25NO4. The normalized spacial score (nSPS) is 14.8. The smallest absolute Gasteiger partial charge is 0.124 e. The Labute approximate surface area is 120 Å². The first-order valence-corrected chi connectivity index (χ1v) is 6.63. The first kappa shape index (κ1) is 16.8. The van der Waals surface area contributed by atoms with Crippen molar-refractivity contribution < 1.29 is 19.7 Å². The summed E-state index contributed by atoms with van der Waals surface area (Å²) in [5.74, 6) is 1.27. The monoisotopic (exact) mass is 283 g/mol. The first-order valence-electron chi connectivity index (χ1n) is 6.63. The Balaban J connectivity index is 2.97. The molecule has 5 heteroatoms. The third-order valence-electron chi connectivity index (χ3n) is 3.24. The summed E-state index contributed by atoms with van der Waals surface area (Å²) < 4.78 is 10.5. The van der Waals surface area contributed by atoms with E-state index >= 15 is 0 Å². The first-order chi connectivity index (χ1) is 9.34. The number of methoxy groups -OCH3 is 2. The van der Waals surface area contributed by atoms with Gasteiger partial charge in [0.2, 0.25) is 0 Å². The maximum absolute atomic E-state index is 10.5. The highest BCUT2D eigenvalue weighted by Gasteiger charge is 2.26. The van der Waals surface area contributed by atoms with Gasteiger partial charge in [0.25, 0.3) is 0 Å². The topological polar surface area (TPSA) is 71.0 Å². The number of aliphatic hydroxyl groups excluding tert-OH is 2. The predicted molar refractivity (Wildman–Crippen MR) is 78.3 cm³/mol. The zero-order valence-electron chi connectivity index (χ0n) is 12.8. The van der Waals surface area contributed by atoms with Gasteiger partial charge in [0.1, 0.15) is 11.5 Å². The number of rotatable bonds is 7. The Bertz CT molecular complexity index is 434. The van der Waals surface area contributed by atoms with Crippen LogP contribution in [-0.4, -0.2) is 42.6 Å². The minimum absolute atomic E-state index is 0.0146. The summed E-state index contributed by atoms with van der Waals surface area (Å²) in [7, 11) is 3.14. The van der Waals surface area contributed by atoms with E-state index in [1.807, 2.05) is 20.8 Å². The summed E-state index contributed by atoms with van der Waals surface area (Å²) in [6.45, 7) is 5.60. The van der Waals surface area contributed by atoms with E-state index in [1.165, 1.54) is 0 Å². The summed E-state index contributed by atoms with van der Waals surface area (Å²) in [6, 6.07) is 5.05. The molecule has 114 valence electrons. The average Bonchev–Trinajstić information content (AvgIpc) is 2.45. The molecule has 0 saturated heterocycles. The molecule has 0 amide bonds. The summed E-state index contributed by atoms with van der Waals surface area (Å²) >= 11 is 0. The summed E-state index contributed by atoms with van der Waals surface area (Å²) in [4.78, 5) is 0. The van der Waals surface area contributed by atoms with E-state index in [4.69, 9.17) is 9.47 Å². The van der Waals surface area contributed by atoms with E-state index in [0.717, 1.165) is 0 Å². The molecule has 5 nitrogen and oxygen atoms in total. The molecule has 0 radical (unpaired) electrons. The van der Waals surface area contributed by atoms with Gasteiger partial charge in [-0.15, -0.1) is 0 Å². The summed E-state index contributed by atoms with van der Waals surface area (Å²) in [5.41, 5.74) is 0.188. The zero-order chi connectivity index (χ0) is 15.3. The van der Waals surface area contributed by atoms with Crippen LogP contribution in [0.5, 0.6) is 11.5 Å². The second kappa shape index (κ2) is 6.92. The van der Waals surface area contributed by atoms with Crippen LogP contribution in [0.15, 0.2) is 18.2 Å². The van der Waals surface area contributed by atoms with Crippen LogP contribution in [0.1, 0.15) is 32.4 Å². The highest BCUT2D eigenvalue weighted by atomic mass is 16.5. The molecule has 0 aliphatic carbocycles. The molecule has 0 bridgehead atoms. The summed E-state index contributed by atoms with van der Waals surface area (Å²) in [6.07, 6.45) is -0.772. The van der Waals surface area contributed by atoms with Gasteiger partial charge in [0.15, 0.2) is 0 Å². The molecule has 0 saturated carbocycles. The van der Waals surface area contributed by atoms with E-state index in [0.29, 0.717) is 17.1 Å². The van der Waals surface area contributed by atoms with Crippen molar-refractivity contribution in [3.63, 3.8) is 0 Å². The van der Waals surface area contributed by atoms with Gasteiger partial charge in [0, 0.05) is 17.1 Å². The average molecular weight is 283 g/mol. The van der Waals surface area contributed by atoms with Crippen LogP contribution >= 0.6 is 0 Å². The second-order valence-corrected chi connectivity index (χ2v) is 5.53. The summed E-state index contributed by atoms with van der Waals surface area (Å²) in [5, 5.41) is 23.0. The van der Waals surface area contributed by atoms with Crippen molar-refractivity contribution >= 4 is 0 Å². The van der Waals surface area contributed by atoms with Crippen LogP contribution in [0.4, 0.5) is 0 Å². The van der Waals surface area contributed by atoms with Crippen LogP contribution in [0.3, 0.4) is 0 Å². The SMILES string of the molecule is COc1ccc(OC)c(C(O)C(C)NC(C)(C)CO)c1. The fourth-order valence-electron chi connectivity index (χ4n) is 2.08. The lowest BCUT2D eigenvalue weighted by atomic mass is 9.98. The number of aliphatic hydroxyl groups is 2. The van der Waals surface area contributed by atoms with Crippen molar-refractivity contribution in [3.8, 4) is 11.5 Å². The molecule has 3 N–H and O–H groups in total. The largest absolute Gasteiger partial charge is 0.497 e. The predicted octanol–water partition coefficient (Wildman–Crippen LogP) is 1.49. The maximum atomic E-state index is 10.5. The van der Waals surface area contributed by atoms with E-state index in [-0.39, 0.29) is 12.6 Å². The van der Waals surface area contributed by atoms with E-state index in [1.54, 1.807) is 32.4 Å². The third kappa shape index (κ3) is 4.10. The van der Waals surface area contributed by atoms with Gasteiger partial charge < -0.3 is 25.0 Å². The van der Waals surface area contributed by atoms with Crippen LogP contribution < -0.4 is 14.8 Å². The van der Waals surface area contributed by atoms with Gasteiger partial charge in [-0.1, -0.05) is 0 Å². The fraction of sp³-hybridized carbons (Fsp3) is 0.600. The molecule has 0 aliphatic heterocycles. The van der Waals surface area contributed by atoms with Gasteiger partial charge in [-0.25, -0.2) is 0 Å². The maximum Gasteiger partial charge on any atom is 0.124 e. The molecule has 1 aromatic rings. The van der Waals surface area contributed by atoms with Crippen molar-refractivity contribution in [2.75, 3.05) is 20.8 Å². The highest BCUT2D eigenvalue weighted by molar-refractivity contribution is 5.42. The lowest BCUT2D eigenvalue weighted by Gasteiger charge is -2.31. The fourth-order valence-corrected chi connectivity index (χ4v) is 2.08. The number of benzene rings is 1. The molecule has 0 fully saturated rings. The van der Waals surface area contributed by atoms with Crippen LogP contribution in [0, 0.1) is 0 Å². The van der Waals surface area contributed by atoms with Crippen LogP contribution in [-0.2, 0) is 0 Å². The molecule has 0 aromatic heterocycles. The Kier molecular flexibility index (Phi) is 5.80. The lowest BCUT2D eigenvalue weighted by Crippen LogP contribution is -2.49. The molecule has 2 unspecified atom stereocenters. The Morgan fingerprint density at radius 2 is 1.90 bits per heavy atom. The van der Waals surface area contributed by atoms with Gasteiger partial charge in [-0.05, 0) is 39.0 Å². The van der Waals surface area contributed by atoms with E-state index in [2.05, 4.69) is 5.32 Å². The highest BCUT2D eigenvalue weighted by Crippen LogP contribution is 2.31. The van der Waals surface area contributed by atoms with E-state index < -0.39 is 11.6 Å². The number of ether oxygens (including phenoxy) is 2. The number of hydrogen-bond donors (Lipinski definition) is 3. The van der Waals surface area contributed by atoms with Crippen molar-refractivity contribution in [2.24, 2.45) is 0 Å². The van der Waals surface area contributed by atoms with Crippen molar-refractivity contribution in [2.45, 2.75) is 38.5 Å². The van der Waals surface area contributed by atoms with Crippen molar-refractivity contribution in [1.82, 2.24) is 5.32 Å². The second-order valence-electron chi connectivity index (χ2n) is 5.53. The van der Waals surface area contributed by atoms with Crippen LogP contribution in [0.25, 0.3) is 0 Å². The lowest BCUT2D eigenvalue weighted by molar-refractivity contribution is 0.0970. The van der Waals surface area contributed by atoms with Gasteiger partial charge in [-0.3, -0.25) is 0 Å². The molecular weight excluding hydrogens is 258 g/mol. The zero-order valence-corrected chi connectivity index (χ0v) is 12.8. The molecule has 0 spiro atoms. The number of hydrogen-bond acceptors (Lipinski definition) is 5. The van der Waals surface area contributed by atoms with Crippen molar-refractivity contribution in [1.29, 1.82) is 0 Å². The molecule has 0 heterocycles. The molecule has 1 rings (SSSR count). The molecule has 2 atom stereocenters. The van der Waals surface area contributed by atoms with Gasteiger partial charge in [0.05, 0.1) is 26.9 Å². The van der Waals surface area contributed by atoms with Gasteiger partial charge in [-0.2, -0.15) is 0 Å². The third-order valence-corrected chi connectivity index (χ3v) is 3.24. The Morgan fingerprint density at radius 3 is 2.40 bits per heavy atom. The minimum atomic E-state index is -0.772. The van der Waals surface area contributed by atoms with Crippen molar-refractivity contribution in [3.05, 3.63) is 23.8 Å².